The topological polar surface area (TPSA) is 128 Å². The predicted octanol–water partition coefficient (Wildman–Crippen LogP) is 1.66. The molecule has 0 spiro atoms. The van der Waals surface area contributed by atoms with E-state index in [4.69, 9.17) is 0 Å². The second kappa shape index (κ2) is 13.2. The average Bonchev–Trinajstić information content (AvgIpc) is 3.62. The maximum atomic E-state index is 13.5. The third kappa shape index (κ3) is 7.41. The van der Waals surface area contributed by atoms with Gasteiger partial charge in [-0.1, -0.05) is 60.7 Å². The first-order valence-corrected chi connectivity index (χ1v) is 13.3. The molecule has 4 rings (SSSR count). The van der Waals surface area contributed by atoms with Gasteiger partial charge in [-0.15, -0.1) is 0 Å². The van der Waals surface area contributed by atoms with E-state index in [1.807, 2.05) is 60.7 Å². The fourth-order valence-corrected chi connectivity index (χ4v) is 5.31. The standard InChI is InChI=1S/C29H36N4O5/c34-26(35)19-22(17-20-9-3-1-4-10-20)31-27(36)24(18-21-11-5-2-6-12-21)32-28(37)25-14-8-16-33(25)29(38)23-13-7-15-30-23/h1-6,9-12,22-25,30H,7-8,13-19H2,(H,31,36)(H,32,37)(H,34,35). The van der Waals surface area contributed by atoms with Gasteiger partial charge in [0.1, 0.15) is 12.1 Å². The van der Waals surface area contributed by atoms with Crippen LogP contribution in [0, 0.1) is 0 Å². The molecule has 4 N–H and O–H groups in total. The summed E-state index contributed by atoms with van der Waals surface area (Å²) >= 11 is 0. The molecule has 0 aromatic heterocycles. The van der Waals surface area contributed by atoms with Crippen LogP contribution in [0.15, 0.2) is 60.7 Å². The second-order valence-electron chi connectivity index (χ2n) is 10.1. The highest BCUT2D eigenvalue weighted by Crippen LogP contribution is 2.21. The number of aliphatic carboxylic acids is 1. The first-order valence-electron chi connectivity index (χ1n) is 13.3. The molecule has 0 bridgehead atoms. The monoisotopic (exact) mass is 520 g/mol. The summed E-state index contributed by atoms with van der Waals surface area (Å²) in [5.74, 6) is -1.88. The van der Waals surface area contributed by atoms with Gasteiger partial charge >= 0.3 is 5.97 Å². The molecular formula is C29H36N4O5. The first-order chi connectivity index (χ1) is 18.4. The highest BCUT2D eigenvalue weighted by molar-refractivity contribution is 5.93. The van der Waals surface area contributed by atoms with Gasteiger partial charge in [-0.2, -0.15) is 0 Å². The molecule has 2 aliphatic heterocycles. The Morgan fingerprint density at radius 3 is 2.16 bits per heavy atom. The van der Waals surface area contributed by atoms with Crippen molar-refractivity contribution >= 4 is 23.7 Å². The quantitative estimate of drug-likeness (QED) is 0.357. The molecule has 4 unspecified atom stereocenters. The fraction of sp³-hybridized carbons (Fsp3) is 0.448. The molecular weight excluding hydrogens is 484 g/mol. The number of nitrogens with one attached hydrogen (secondary N) is 3. The molecule has 0 aliphatic carbocycles. The Bertz CT molecular complexity index is 1100. The highest BCUT2D eigenvalue weighted by Gasteiger charge is 2.39. The highest BCUT2D eigenvalue weighted by atomic mass is 16.4. The van der Waals surface area contributed by atoms with Crippen molar-refractivity contribution in [2.24, 2.45) is 0 Å². The number of amides is 3. The molecule has 38 heavy (non-hydrogen) atoms. The summed E-state index contributed by atoms with van der Waals surface area (Å²) in [7, 11) is 0. The summed E-state index contributed by atoms with van der Waals surface area (Å²) in [6, 6.07) is 16.3. The molecule has 4 atom stereocenters. The Morgan fingerprint density at radius 1 is 0.895 bits per heavy atom. The Morgan fingerprint density at radius 2 is 1.55 bits per heavy atom. The third-order valence-electron chi connectivity index (χ3n) is 7.20. The van der Waals surface area contributed by atoms with Crippen LogP contribution in [-0.2, 0) is 32.0 Å². The maximum Gasteiger partial charge on any atom is 0.305 e. The molecule has 9 heteroatoms. The van der Waals surface area contributed by atoms with Crippen LogP contribution >= 0.6 is 0 Å². The molecule has 2 heterocycles. The summed E-state index contributed by atoms with van der Waals surface area (Å²) in [4.78, 5) is 53.2. The van der Waals surface area contributed by atoms with Crippen molar-refractivity contribution < 1.29 is 24.3 Å². The number of hydrogen-bond donors (Lipinski definition) is 4. The molecule has 3 amide bonds. The SMILES string of the molecule is O=C(O)CC(Cc1ccccc1)NC(=O)C(Cc1ccccc1)NC(=O)C1CCCN1C(=O)C1CCCN1. The minimum absolute atomic E-state index is 0.0615. The van der Waals surface area contributed by atoms with E-state index in [1.165, 1.54) is 0 Å². The number of carbonyl (C=O) groups excluding carboxylic acids is 3. The minimum atomic E-state index is -1.02. The summed E-state index contributed by atoms with van der Waals surface area (Å²) in [5, 5.41) is 18.4. The zero-order chi connectivity index (χ0) is 26.9. The number of hydrogen-bond acceptors (Lipinski definition) is 5. The van der Waals surface area contributed by atoms with Crippen LogP contribution in [0.25, 0.3) is 0 Å². The van der Waals surface area contributed by atoms with Crippen molar-refractivity contribution in [2.75, 3.05) is 13.1 Å². The lowest BCUT2D eigenvalue weighted by Gasteiger charge is -2.29. The van der Waals surface area contributed by atoms with E-state index in [1.54, 1.807) is 4.90 Å². The Kier molecular flexibility index (Phi) is 9.48. The predicted molar refractivity (Wildman–Crippen MR) is 142 cm³/mol. The van der Waals surface area contributed by atoms with E-state index in [-0.39, 0.29) is 30.7 Å². The number of rotatable bonds is 11. The van der Waals surface area contributed by atoms with E-state index in [0.717, 1.165) is 36.9 Å². The lowest BCUT2D eigenvalue weighted by Crippen LogP contribution is -2.56. The van der Waals surface area contributed by atoms with Crippen molar-refractivity contribution in [3.63, 3.8) is 0 Å². The van der Waals surface area contributed by atoms with Crippen molar-refractivity contribution in [1.82, 2.24) is 20.9 Å². The fourth-order valence-electron chi connectivity index (χ4n) is 5.31. The van der Waals surface area contributed by atoms with Crippen molar-refractivity contribution in [1.29, 1.82) is 0 Å². The molecule has 2 saturated heterocycles. The Labute approximate surface area is 223 Å². The Balaban J connectivity index is 1.48. The molecule has 202 valence electrons. The molecule has 0 radical (unpaired) electrons. The Hall–Kier alpha value is -3.72. The largest absolute Gasteiger partial charge is 0.481 e. The maximum absolute atomic E-state index is 13.5. The zero-order valence-corrected chi connectivity index (χ0v) is 21.5. The number of carboxylic acid groups (broad SMARTS) is 1. The summed E-state index contributed by atoms with van der Waals surface area (Å²) in [6.45, 7) is 1.31. The normalized spacial score (nSPS) is 20.5. The van der Waals surface area contributed by atoms with Crippen LogP contribution in [-0.4, -0.2) is 71.0 Å². The van der Waals surface area contributed by atoms with E-state index < -0.39 is 30.0 Å². The summed E-state index contributed by atoms with van der Waals surface area (Å²) in [5.41, 5.74) is 1.77. The molecule has 2 aromatic carbocycles. The lowest BCUT2D eigenvalue weighted by atomic mass is 10.0. The van der Waals surface area contributed by atoms with E-state index in [2.05, 4.69) is 16.0 Å². The van der Waals surface area contributed by atoms with Gasteiger partial charge in [0.05, 0.1) is 12.5 Å². The van der Waals surface area contributed by atoms with E-state index in [0.29, 0.717) is 19.4 Å². The molecule has 0 saturated carbocycles. The van der Waals surface area contributed by atoms with Crippen LogP contribution in [0.5, 0.6) is 0 Å². The molecule has 9 nitrogen and oxygen atoms in total. The number of likely N-dealkylation sites (tertiary alicyclic amines) is 1. The summed E-state index contributed by atoms with van der Waals surface area (Å²) in [6.07, 6.45) is 3.31. The van der Waals surface area contributed by atoms with Crippen molar-refractivity contribution in [3.8, 4) is 0 Å². The third-order valence-corrected chi connectivity index (χ3v) is 7.20. The number of nitrogens with zero attached hydrogens (tertiary/aromatic N) is 1. The van der Waals surface area contributed by atoms with Crippen LogP contribution in [0.3, 0.4) is 0 Å². The average molecular weight is 521 g/mol. The molecule has 2 aromatic rings. The zero-order valence-electron chi connectivity index (χ0n) is 21.5. The number of benzene rings is 2. The lowest BCUT2D eigenvalue weighted by molar-refractivity contribution is -0.140. The van der Waals surface area contributed by atoms with Crippen molar-refractivity contribution in [2.45, 2.75) is 69.1 Å². The van der Waals surface area contributed by atoms with E-state index >= 15 is 0 Å². The van der Waals surface area contributed by atoms with E-state index in [9.17, 15) is 24.3 Å². The van der Waals surface area contributed by atoms with Gasteiger partial charge in [-0.3, -0.25) is 19.2 Å². The first kappa shape index (κ1) is 27.3. The van der Waals surface area contributed by atoms with Gasteiger partial charge in [0.25, 0.3) is 0 Å². The minimum Gasteiger partial charge on any atom is -0.481 e. The number of carboxylic acids is 1. The molecule has 2 fully saturated rings. The van der Waals surface area contributed by atoms with Gasteiger partial charge in [0.2, 0.25) is 17.7 Å². The van der Waals surface area contributed by atoms with Crippen LogP contribution in [0.2, 0.25) is 0 Å². The van der Waals surface area contributed by atoms with Gasteiger partial charge in [-0.25, -0.2) is 0 Å². The van der Waals surface area contributed by atoms with Gasteiger partial charge in [0.15, 0.2) is 0 Å². The van der Waals surface area contributed by atoms with Gasteiger partial charge in [-0.05, 0) is 49.8 Å². The smallest absolute Gasteiger partial charge is 0.305 e. The second-order valence-corrected chi connectivity index (χ2v) is 10.1. The van der Waals surface area contributed by atoms with Crippen molar-refractivity contribution in [3.05, 3.63) is 71.8 Å². The molecule has 2 aliphatic rings. The van der Waals surface area contributed by atoms with Crippen LogP contribution in [0.1, 0.15) is 43.2 Å². The van der Waals surface area contributed by atoms with Crippen LogP contribution in [0.4, 0.5) is 0 Å². The number of carbonyl (C=O) groups is 4. The van der Waals surface area contributed by atoms with Gasteiger partial charge in [0, 0.05) is 19.0 Å². The van der Waals surface area contributed by atoms with Gasteiger partial charge < -0.3 is 26.0 Å². The van der Waals surface area contributed by atoms with Crippen LogP contribution < -0.4 is 16.0 Å². The summed E-state index contributed by atoms with van der Waals surface area (Å²) < 4.78 is 0.